The quantitative estimate of drug-likeness (QED) is 0.894. The van der Waals surface area contributed by atoms with Crippen molar-refractivity contribution >= 4 is 17.6 Å². The lowest BCUT2D eigenvalue weighted by atomic mass is 9.94. The molecule has 2 aliphatic rings. The van der Waals surface area contributed by atoms with E-state index in [0.29, 0.717) is 25.0 Å². The van der Waals surface area contributed by atoms with E-state index in [0.717, 1.165) is 16.5 Å². The van der Waals surface area contributed by atoms with E-state index >= 15 is 0 Å². The van der Waals surface area contributed by atoms with Crippen LogP contribution in [0.15, 0.2) is 24.3 Å². The molecule has 0 radical (unpaired) electrons. The van der Waals surface area contributed by atoms with Gasteiger partial charge >= 0.3 is 6.03 Å². The lowest BCUT2D eigenvalue weighted by Crippen LogP contribution is -2.47. The SMILES string of the molecule is CCNC(=O)N(Cc1ccc(Cl)cc1)C1CC2CCC1C2. The van der Waals surface area contributed by atoms with Gasteiger partial charge in [0.05, 0.1) is 0 Å². The fraction of sp³-hybridized carbons (Fsp3) is 0.588. The zero-order valence-electron chi connectivity index (χ0n) is 12.5. The lowest BCUT2D eigenvalue weighted by Gasteiger charge is -2.34. The van der Waals surface area contributed by atoms with Crippen LogP contribution in [0.1, 0.15) is 38.2 Å². The normalized spacial score (nSPS) is 26.9. The predicted octanol–water partition coefficient (Wildman–Crippen LogP) is 4.06. The standard InChI is InChI=1S/C17H23ClN2O/c1-2-19-17(21)20(11-12-4-7-15(18)8-5-12)16-10-13-3-6-14(16)9-13/h4-5,7-8,13-14,16H,2-3,6,9-11H2,1H3,(H,19,21). The fourth-order valence-corrected chi connectivity index (χ4v) is 4.10. The van der Waals surface area contributed by atoms with Crippen LogP contribution in [0.3, 0.4) is 0 Å². The number of nitrogens with zero attached hydrogens (tertiary/aromatic N) is 1. The zero-order chi connectivity index (χ0) is 14.8. The van der Waals surface area contributed by atoms with Crippen LogP contribution in [0.5, 0.6) is 0 Å². The highest BCUT2D eigenvalue weighted by molar-refractivity contribution is 6.30. The summed E-state index contributed by atoms with van der Waals surface area (Å²) in [5, 5.41) is 3.71. The van der Waals surface area contributed by atoms with E-state index in [9.17, 15) is 4.79 Å². The van der Waals surface area contributed by atoms with E-state index in [2.05, 4.69) is 10.2 Å². The molecule has 2 aliphatic carbocycles. The first kappa shape index (κ1) is 14.7. The third-order valence-corrected chi connectivity index (χ3v) is 5.21. The minimum absolute atomic E-state index is 0.0741. The second-order valence-electron chi connectivity index (χ2n) is 6.33. The van der Waals surface area contributed by atoms with E-state index in [1.807, 2.05) is 31.2 Å². The molecule has 2 bridgehead atoms. The summed E-state index contributed by atoms with van der Waals surface area (Å²) in [6.45, 7) is 3.33. The van der Waals surface area contributed by atoms with E-state index < -0.39 is 0 Å². The molecule has 3 rings (SSSR count). The van der Waals surface area contributed by atoms with Crippen molar-refractivity contribution in [2.75, 3.05) is 6.54 Å². The number of urea groups is 1. The average molecular weight is 307 g/mol. The van der Waals surface area contributed by atoms with Crippen LogP contribution in [0.25, 0.3) is 0 Å². The molecule has 1 aromatic rings. The molecule has 1 N–H and O–H groups in total. The Morgan fingerprint density at radius 3 is 2.62 bits per heavy atom. The third-order valence-electron chi connectivity index (χ3n) is 4.96. The van der Waals surface area contributed by atoms with Crippen LogP contribution in [-0.4, -0.2) is 23.5 Å². The number of carbonyl (C=O) groups is 1. The maximum Gasteiger partial charge on any atom is 0.317 e. The Hall–Kier alpha value is -1.22. The van der Waals surface area contributed by atoms with E-state index in [-0.39, 0.29) is 6.03 Å². The number of benzene rings is 1. The summed E-state index contributed by atoms with van der Waals surface area (Å²) in [5.74, 6) is 1.53. The number of nitrogens with one attached hydrogen (secondary N) is 1. The smallest absolute Gasteiger partial charge is 0.317 e. The molecule has 2 amide bonds. The highest BCUT2D eigenvalue weighted by atomic mass is 35.5. The van der Waals surface area contributed by atoms with Gasteiger partial charge in [-0.1, -0.05) is 30.2 Å². The highest BCUT2D eigenvalue weighted by Crippen LogP contribution is 2.46. The summed E-state index contributed by atoms with van der Waals surface area (Å²) >= 11 is 5.95. The summed E-state index contributed by atoms with van der Waals surface area (Å²) in [5.41, 5.74) is 1.15. The molecular formula is C17H23ClN2O. The Labute approximate surface area is 131 Å². The van der Waals surface area contributed by atoms with Crippen LogP contribution in [0, 0.1) is 11.8 Å². The Bertz CT molecular complexity index is 502. The van der Waals surface area contributed by atoms with Crippen LogP contribution in [-0.2, 0) is 6.54 Å². The number of hydrogen-bond donors (Lipinski definition) is 1. The van der Waals surface area contributed by atoms with Crippen molar-refractivity contribution in [1.82, 2.24) is 10.2 Å². The number of rotatable bonds is 4. The molecule has 0 aliphatic heterocycles. The van der Waals surface area contributed by atoms with Gasteiger partial charge in [0.25, 0.3) is 0 Å². The van der Waals surface area contributed by atoms with Crippen molar-refractivity contribution in [2.24, 2.45) is 11.8 Å². The Morgan fingerprint density at radius 2 is 2.05 bits per heavy atom. The Balaban J connectivity index is 1.75. The Morgan fingerprint density at radius 1 is 1.29 bits per heavy atom. The number of fused-ring (bicyclic) bond motifs is 2. The summed E-state index contributed by atoms with van der Waals surface area (Å²) in [6.07, 6.45) is 5.12. The summed E-state index contributed by atoms with van der Waals surface area (Å²) in [7, 11) is 0. The molecule has 3 atom stereocenters. The molecule has 0 saturated heterocycles. The van der Waals surface area contributed by atoms with Crippen LogP contribution in [0.2, 0.25) is 5.02 Å². The molecule has 3 unspecified atom stereocenters. The van der Waals surface area contributed by atoms with Crippen LogP contribution < -0.4 is 5.32 Å². The van der Waals surface area contributed by atoms with Gasteiger partial charge in [-0.3, -0.25) is 0 Å². The van der Waals surface area contributed by atoms with Crippen molar-refractivity contribution in [3.05, 3.63) is 34.9 Å². The molecule has 114 valence electrons. The number of amides is 2. The topological polar surface area (TPSA) is 32.3 Å². The van der Waals surface area contributed by atoms with Gasteiger partial charge in [-0.15, -0.1) is 0 Å². The molecule has 4 heteroatoms. The van der Waals surface area contributed by atoms with E-state index in [4.69, 9.17) is 11.6 Å². The minimum atomic E-state index is 0.0741. The lowest BCUT2D eigenvalue weighted by molar-refractivity contribution is 0.143. The first-order valence-electron chi connectivity index (χ1n) is 7.96. The van der Waals surface area contributed by atoms with Crippen LogP contribution >= 0.6 is 11.6 Å². The molecular weight excluding hydrogens is 284 g/mol. The first-order valence-corrected chi connectivity index (χ1v) is 8.34. The largest absolute Gasteiger partial charge is 0.338 e. The fourth-order valence-electron chi connectivity index (χ4n) is 3.97. The van der Waals surface area contributed by atoms with Gasteiger partial charge in [0.2, 0.25) is 0 Å². The van der Waals surface area contributed by atoms with Gasteiger partial charge in [0.15, 0.2) is 0 Å². The second kappa shape index (κ2) is 6.27. The van der Waals surface area contributed by atoms with E-state index in [1.54, 1.807) is 0 Å². The van der Waals surface area contributed by atoms with Gasteiger partial charge in [-0.05, 0) is 55.7 Å². The predicted molar refractivity (Wildman–Crippen MR) is 85.3 cm³/mol. The molecule has 0 aromatic heterocycles. The van der Waals surface area contributed by atoms with Gasteiger partial charge < -0.3 is 10.2 Å². The van der Waals surface area contributed by atoms with Gasteiger partial charge in [0.1, 0.15) is 0 Å². The Kier molecular flexibility index (Phi) is 4.39. The van der Waals surface area contributed by atoms with Crippen molar-refractivity contribution in [3.63, 3.8) is 0 Å². The van der Waals surface area contributed by atoms with Crippen molar-refractivity contribution in [2.45, 2.75) is 45.2 Å². The molecule has 2 saturated carbocycles. The van der Waals surface area contributed by atoms with Crippen molar-refractivity contribution in [3.8, 4) is 0 Å². The van der Waals surface area contributed by atoms with Crippen LogP contribution in [0.4, 0.5) is 4.79 Å². The molecule has 1 aromatic carbocycles. The summed E-state index contributed by atoms with van der Waals surface area (Å²) in [4.78, 5) is 14.5. The number of carbonyl (C=O) groups excluding carboxylic acids is 1. The van der Waals surface area contributed by atoms with Gasteiger partial charge in [0, 0.05) is 24.2 Å². The maximum absolute atomic E-state index is 12.5. The third kappa shape index (κ3) is 3.18. The average Bonchev–Trinajstić information content (AvgIpc) is 3.09. The monoisotopic (exact) mass is 306 g/mol. The van der Waals surface area contributed by atoms with E-state index in [1.165, 1.54) is 25.7 Å². The van der Waals surface area contributed by atoms with Crippen molar-refractivity contribution in [1.29, 1.82) is 0 Å². The molecule has 21 heavy (non-hydrogen) atoms. The van der Waals surface area contributed by atoms with Crippen molar-refractivity contribution < 1.29 is 4.79 Å². The first-order chi connectivity index (χ1) is 10.2. The summed E-state index contributed by atoms with van der Waals surface area (Å²) < 4.78 is 0. The zero-order valence-corrected chi connectivity index (χ0v) is 13.3. The maximum atomic E-state index is 12.5. The minimum Gasteiger partial charge on any atom is -0.338 e. The number of halogens is 1. The highest BCUT2D eigenvalue weighted by Gasteiger charge is 2.43. The van der Waals surface area contributed by atoms with Gasteiger partial charge in [-0.25, -0.2) is 4.79 Å². The van der Waals surface area contributed by atoms with Gasteiger partial charge in [-0.2, -0.15) is 0 Å². The summed E-state index contributed by atoms with van der Waals surface area (Å²) in [6, 6.07) is 8.31. The molecule has 0 heterocycles. The molecule has 3 nitrogen and oxygen atoms in total. The molecule has 0 spiro atoms. The number of hydrogen-bond acceptors (Lipinski definition) is 1. The second-order valence-corrected chi connectivity index (χ2v) is 6.77. The molecule has 2 fully saturated rings.